The molecule has 2 aromatic carbocycles. The normalized spacial score (nSPS) is 10.3. The zero-order chi connectivity index (χ0) is 19.2. The van der Waals surface area contributed by atoms with Crippen molar-refractivity contribution in [3.63, 3.8) is 0 Å². The lowest BCUT2D eigenvalue weighted by molar-refractivity contribution is 0.0951. The van der Waals surface area contributed by atoms with Crippen LogP contribution in [0.4, 0.5) is 11.6 Å². The van der Waals surface area contributed by atoms with E-state index in [2.05, 4.69) is 20.6 Å². The number of methoxy groups -OCH3 is 1. The number of hydrogen-bond acceptors (Lipinski definition) is 5. The number of ether oxygens (including phenoxy) is 1. The van der Waals surface area contributed by atoms with E-state index in [1.54, 1.807) is 19.2 Å². The van der Waals surface area contributed by atoms with Crippen LogP contribution in [0.25, 0.3) is 0 Å². The van der Waals surface area contributed by atoms with Crippen molar-refractivity contribution >= 4 is 17.5 Å². The number of hydrogen-bond donors (Lipinski definition) is 2. The van der Waals surface area contributed by atoms with Gasteiger partial charge in [-0.2, -0.15) is 0 Å². The van der Waals surface area contributed by atoms with E-state index in [1.165, 1.54) is 0 Å². The van der Waals surface area contributed by atoms with Crippen molar-refractivity contribution < 1.29 is 9.53 Å². The lowest BCUT2D eigenvalue weighted by atomic mass is 10.1. The first-order chi connectivity index (χ1) is 13.0. The molecule has 3 rings (SSSR count). The molecule has 0 aliphatic rings. The molecule has 1 heterocycles. The third-order valence-electron chi connectivity index (χ3n) is 3.98. The molecule has 3 aromatic rings. The Morgan fingerprint density at radius 1 is 1.00 bits per heavy atom. The Morgan fingerprint density at radius 2 is 1.70 bits per heavy atom. The van der Waals surface area contributed by atoms with Crippen molar-refractivity contribution in [3.05, 3.63) is 77.1 Å². The molecule has 6 heteroatoms. The van der Waals surface area contributed by atoms with Crippen LogP contribution >= 0.6 is 0 Å². The largest absolute Gasteiger partial charge is 0.497 e. The molecule has 1 amide bonds. The summed E-state index contributed by atoms with van der Waals surface area (Å²) in [5, 5.41) is 6.07. The fraction of sp³-hybridized carbons (Fsp3) is 0.190. The summed E-state index contributed by atoms with van der Waals surface area (Å²) < 4.78 is 5.14. The smallest absolute Gasteiger partial charge is 0.251 e. The van der Waals surface area contributed by atoms with Crippen LogP contribution in [0.3, 0.4) is 0 Å². The summed E-state index contributed by atoms with van der Waals surface area (Å²) in [5.41, 5.74) is 4.11. The number of aryl methyl sites for hydroxylation is 2. The van der Waals surface area contributed by atoms with Crippen LogP contribution in [0.5, 0.6) is 5.75 Å². The number of nitrogens with zero attached hydrogens (tertiary/aromatic N) is 2. The van der Waals surface area contributed by atoms with E-state index in [4.69, 9.17) is 4.74 Å². The average Bonchev–Trinajstić information content (AvgIpc) is 2.66. The van der Waals surface area contributed by atoms with Gasteiger partial charge in [0.2, 0.25) is 5.95 Å². The van der Waals surface area contributed by atoms with E-state index in [1.807, 2.05) is 56.3 Å². The Bertz CT molecular complexity index is 919. The minimum atomic E-state index is -0.143. The van der Waals surface area contributed by atoms with Gasteiger partial charge in [0.1, 0.15) is 5.75 Å². The standard InChI is InChI=1S/C21H22N4O2/c1-14-11-15(2)24-21(23-14)25-18-6-4-5-17(12-18)20(26)22-13-16-7-9-19(27-3)10-8-16/h4-12H,13H2,1-3H3,(H,22,26)(H,23,24,25). The van der Waals surface area contributed by atoms with Gasteiger partial charge in [-0.3, -0.25) is 4.79 Å². The number of rotatable bonds is 6. The van der Waals surface area contributed by atoms with Gasteiger partial charge in [-0.05, 0) is 55.8 Å². The van der Waals surface area contributed by atoms with Gasteiger partial charge in [0, 0.05) is 29.2 Å². The van der Waals surface area contributed by atoms with Crippen molar-refractivity contribution in [2.75, 3.05) is 12.4 Å². The Balaban J connectivity index is 1.65. The average molecular weight is 362 g/mol. The molecule has 0 atom stereocenters. The monoisotopic (exact) mass is 362 g/mol. The number of amides is 1. The number of anilines is 2. The quantitative estimate of drug-likeness (QED) is 0.698. The fourth-order valence-electron chi connectivity index (χ4n) is 2.68. The predicted octanol–water partition coefficient (Wildman–Crippen LogP) is 3.78. The number of carbonyl (C=O) groups excluding carboxylic acids is 1. The topological polar surface area (TPSA) is 76.1 Å². The summed E-state index contributed by atoms with van der Waals surface area (Å²) >= 11 is 0. The van der Waals surface area contributed by atoms with Gasteiger partial charge in [0.25, 0.3) is 5.91 Å². The van der Waals surface area contributed by atoms with Gasteiger partial charge in [0.15, 0.2) is 0 Å². The molecular formula is C21H22N4O2. The molecule has 0 unspecified atom stereocenters. The van der Waals surface area contributed by atoms with Gasteiger partial charge >= 0.3 is 0 Å². The second-order valence-electron chi connectivity index (χ2n) is 6.21. The number of aromatic nitrogens is 2. The van der Waals surface area contributed by atoms with E-state index in [9.17, 15) is 4.79 Å². The van der Waals surface area contributed by atoms with Crippen LogP contribution < -0.4 is 15.4 Å². The molecule has 0 aliphatic carbocycles. The minimum Gasteiger partial charge on any atom is -0.497 e. The van der Waals surface area contributed by atoms with Crippen molar-refractivity contribution in [1.82, 2.24) is 15.3 Å². The molecular weight excluding hydrogens is 340 g/mol. The van der Waals surface area contributed by atoms with Gasteiger partial charge in [-0.15, -0.1) is 0 Å². The summed E-state index contributed by atoms with van der Waals surface area (Å²) in [6, 6.07) is 16.8. The molecule has 0 saturated carbocycles. The highest BCUT2D eigenvalue weighted by molar-refractivity contribution is 5.95. The Kier molecular flexibility index (Phi) is 5.66. The highest BCUT2D eigenvalue weighted by Gasteiger charge is 2.07. The minimum absolute atomic E-state index is 0.143. The van der Waals surface area contributed by atoms with E-state index in [-0.39, 0.29) is 5.91 Å². The molecule has 1 aromatic heterocycles. The molecule has 6 nitrogen and oxygen atoms in total. The maximum atomic E-state index is 12.5. The number of nitrogens with one attached hydrogen (secondary N) is 2. The summed E-state index contributed by atoms with van der Waals surface area (Å²) in [4.78, 5) is 21.2. The number of benzene rings is 2. The number of carbonyl (C=O) groups is 1. The van der Waals surface area contributed by atoms with Gasteiger partial charge in [0.05, 0.1) is 7.11 Å². The first kappa shape index (κ1) is 18.4. The predicted molar refractivity (Wildman–Crippen MR) is 105 cm³/mol. The highest BCUT2D eigenvalue weighted by atomic mass is 16.5. The molecule has 2 N–H and O–H groups in total. The third kappa shape index (κ3) is 5.04. The van der Waals surface area contributed by atoms with Crippen molar-refractivity contribution in [2.24, 2.45) is 0 Å². The second-order valence-corrected chi connectivity index (χ2v) is 6.21. The van der Waals surface area contributed by atoms with Crippen molar-refractivity contribution in [1.29, 1.82) is 0 Å². The Labute approximate surface area is 158 Å². The van der Waals surface area contributed by atoms with Crippen LogP contribution in [-0.4, -0.2) is 23.0 Å². The second kappa shape index (κ2) is 8.31. The van der Waals surface area contributed by atoms with E-state index >= 15 is 0 Å². The third-order valence-corrected chi connectivity index (χ3v) is 3.98. The van der Waals surface area contributed by atoms with Crippen LogP contribution in [0.15, 0.2) is 54.6 Å². The summed E-state index contributed by atoms with van der Waals surface area (Å²) in [6.07, 6.45) is 0. The molecule has 138 valence electrons. The van der Waals surface area contributed by atoms with E-state index in [0.717, 1.165) is 28.4 Å². The molecule has 0 fully saturated rings. The Morgan fingerprint density at radius 3 is 2.37 bits per heavy atom. The lowest BCUT2D eigenvalue weighted by Gasteiger charge is -2.09. The van der Waals surface area contributed by atoms with Crippen LogP contribution in [0.2, 0.25) is 0 Å². The molecule has 0 saturated heterocycles. The van der Waals surface area contributed by atoms with E-state index in [0.29, 0.717) is 18.1 Å². The van der Waals surface area contributed by atoms with Gasteiger partial charge in [-0.25, -0.2) is 9.97 Å². The van der Waals surface area contributed by atoms with Crippen LogP contribution in [-0.2, 0) is 6.54 Å². The summed E-state index contributed by atoms with van der Waals surface area (Å²) in [5.74, 6) is 1.16. The van der Waals surface area contributed by atoms with E-state index < -0.39 is 0 Å². The van der Waals surface area contributed by atoms with Crippen molar-refractivity contribution in [2.45, 2.75) is 20.4 Å². The fourth-order valence-corrected chi connectivity index (χ4v) is 2.68. The SMILES string of the molecule is COc1ccc(CNC(=O)c2cccc(Nc3nc(C)cc(C)n3)c2)cc1. The molecule has 0 bridgehead atoms. The zero-order valence-electron chi connectivity index (χ0n) is 15.6. The first-order valence-corrected chi connectivity index (χ1v) is 8.64. The summed E-state index contributed by atoms with van der Waals surface area (Å²) in [7, 11) is 1.63. The maximum absolute atomic E-state index is 12.5. The molecule has 27 heavy (non-hydrogen) atoms. The highest BCUT2D eigenvalue weighted by Crippen LogP contribution is 2.16. The van der Waals surface area contributed by atoms with Crippen LogP contribution in [0, 0.1) is 13.8 Å². The Hall–Kier alpha value is -3.41. The molecule has 0 aliphatic heterocycles. The molecule has 0 radical (unpaired) electrons. The zero-order valence-corrected chi connectivity index (χ0v) is 15.6. The van der Waals surface area contributed by atoms with Gasteiger partial charge in [-0.1, -0.05) is 18.2 Å². The molecule has 0 spiro atoms. The van der Waals surface area contributed by atoms with Crippen molar-refractivity contribution in [3.8, 4) is 5.75 Å². The van der Waals surface area contributed by atoms with Crippen LogP contribution in [0.1, 0.15) is 27.3 Å². The first-order valence-electron chi connectivity index (χ1n) is 8.64. The maximum Gasteiger partial charge on any atom is 0.251 e. The van der Waals surface area contributed by atoms with Gasteiger partial charge < -0.3 is 15.4 Å². The lowest BCUT2D eigenvalue weighted by Crippen LogP contribution is -2.22. The summed E-state index contributed by atoms with van der Waals surface area (Å²) in [6.45, 7) is 4.28.